The van der Waals surface area contributed by atoms with E-state index < -0.39 is 5.92 Å². The van der Waals surface area contributed by atoms with Crippen molar-refractivity contribution < 1.29 is 8.78 Å². The summed E-state index contributed by atoms with van der Waals surface area (Å²) in [4.78, 5) is 2.09. The number of piperidine rings is 1. The second-order valence-electron chi connectivity index (χ2n) is 4.58. The quantitative estimate of drug-likeness (QED) is 0.873. The van der Waals surface area contributed by atoms with Crippen LogP contribution < -0.4 is 5.32 Å². The van der Waals surface area contributed by atoms with Crippen LogP contribution in [0, 0.1) is 0 Å². The van der Waals surface area contributed by atoms with Crippen LogP contribution in [0.2, 0.25) is 0 Å². The summed E-state index contributed by atoms with van der Waals surface area (Å²) in [6.45, 7) is 1.74. The minimum absolute atomic E-state index is 0.0123. The van der Waals surface area contributed by atoms with Gasteiger partial charge in [-0.15, -0.1) is 0 Å². The fourth-order valence-corrected chi connectivity index (χ4v) is 2.07. The molecule has 0 spiro atoms. The van der Waals surface area contributed by atoms with E-state index in [0.717, 1.165) is 12.2 Å². The Morgan fingerprint density at radius 3 is 2.29 bits per heavy atom. The van der Waals surface area contributed by atoms with Crippen molar-refractivity contribution in [2.24, 2.45) is 0 Å². The van der Waals surface area contributed by atoms with E-state index in [1.807, 2.05) is 31.3 Å². The molecular formula is C13H18F2N2. The first-order valence-corrected chi connectivity index (χ1v) is 5.96. The first kappa shape index (κ1) is 12.3. The van der Waals surface area contributed by atoms with Crippen LogP contribution in [-0.2, 0) is 6.54 Å². The summed E-state index contributed by atoms with van der Waals surface area (Å²) in [6, 6.07) is 8.10. The highest BCUT2D eigenvalue weighted by Gasteiger charge is 2.33. The van der Waals surface area contributed by atoms with Gasteiger partial charge in [0.2, 0.25) is 0 Å². The fourth-order valence-electron chi connectivity index (χ4n) is 2.07. The maximum atomic E-state index is 13.0. The number of nitrogens with zero attached hydrogens (tertiary/aromatic N) is 1. The van der Waals surface area contributed by atoms with Crippen molar-refractivity contribution >= 4 is 5.69 Å². The van der Waals surface area contributed by atoms with E-state index in [4.69, 9.17) is 0 Å². The predicted molar refractivity (Wildman–Crippen MR) is 65.4 cm³/mol. The molecule has 94 valence electrons. The number of hydrogen-bond donors (Lipinski definition) is 1. The van der Waals surface area contributed by atoms with E-state index in [2.05, 4.69) is 10.2 Å². The van der Waals surface area contributed by atoms with Gasteiger partial charge in [-0.05, 0) is 17.7 Å². The van der Waals surface area contributed by atoms with Crippen LogP contribution in [0.3, 0.4) is 0 Å². The van der Waals surface area contributed by atoms with Gasteiger partial charge < -0.3 is 5.32 Å². The number of alkyl halides is 2. The lowest BCUT2D eigenvalue weighted by atomic mass is 10.1. The van der Waals surface area contributed by atoms with E-state index in [1.165, 1.54) is 5.56 Å². The van der Waals surface area contributed by atoms with Crippen LogP contribution in [0.25, 0.3) is 0 Å². The molecule has 1 aliphatic rings. The van der Waals surface area contributed by atoms with E-state index in [-0.39, 0.29) is 12.8 Å². The maximum absolute atomic E-state index is 13.0. The third-order valence-corrected chi connectivity index (χ3v) is 3.24. The van der Waals surface area contributed by atoms with Crippen molar-refractivity contribution in [2.45, 2.75) is 25.3 Å². The summed E-state index contributed by atoms with van der Waals surface area (Å²) in [5, 5.41) is 3.06. The van der Waals surface area contributed by atoms with Crippen molar-refractivity contribution in [1.29, 1.82) is 0 Å². The molecule has 0 saturated carbocycles. The zero-order valence-electron chi connectivity index (χ0n) is 10.0. The number of anilines is 1. The van der Waals surface area contributed by atoms with Gasteiger partial charge in [0.15, 0.2) is 0 Å². The zero-order valence-corrected chi connectivity index (χ0v) is 10.0. The number of nitrogens with one attached hydrogen (secondary N) is 1. The summed E-state index contributed by atoms with van der Waals surface area (Å²) in [5.74, 6) is -2.45. The molecule has 0 aromatic heterocycles. The molecular weight excluding hydrogens is 222 g/mol. The van der Waals surface area contributed by atoms with Gasteiger partial charge in [-0.1, -0.05) is 12.1 Å². The van der Waals surface area contributed by atoms with Crippen molar-refractivity contribution in [3.63, 3.8) is 0 Å². The summed E-state index contributed by atoms with van der Waals surface area (Å²) >= 11 is 0. The minimum atomic E-state index is -2.45. The highest BCUT2D eigenvalue weighted by Crippen LogP contribution is 2.28. The van der Waals surface area contributed by atoms with Crippen LogP contribution in [0.4, 0.5) is 14.5 Å². The molecule has 0 amide bonds. The molecule has 17 heavy (non-hydrogen) atoms. The largest absolute Gasteiger partial charge is 0.388 e. The summed E-state index contributed by atoms with van der Waals surface area (Å²) in [6.07, 6.45) is -0.0246. The lowest BCUT2D eigenvalue weighted by Gasteiger charge is -2.31. The van der Waals surface area contributed by atoms with Gasteiger partial charge in [0, 0.05) is 45.2 Å². The Labute approximate surface area is 101 Å². The van der Waals surface area contributed by atoms with E-state index in [9.17, 15) is 8.78 Å². The van der Waals surface area contributed by atoms with E-state index in [1.54, 1.807) is 0 Å². The number of halogens is 2. The standard InChI is InChI=1S/C13H18F2N2/c1-16-12-4-2-11(3-5-12)10-17-8-6-13(14,15)7-9-17/h2-5,16H,6-10H2,1H3. The molecule has 0 unspecified atom stereocenters. The van der Waals surface area contributed by atoms with Crippen LogP contribution in [0.15, 0.2) is 24.3 Å². The predicted octanol–water partition coefficient (Wildman–Crippen LogP) is 2.96. The Morgan fingerprint density at radius 1 is 1.18 bits per heavy atom. The van der Waals surface area contributed by atoms with Crippen molar-refractivity contribution in [1.82, 2.24) is 4.90 Å². The van der Waals surface area contributed by atoms with Crippen LogP contribution in [0.1, 0.15) is 18.4 Å². The van der Waals surface area contributed by atoms with Crippen molar-refractivity contribution in [2.75, 3.05) is 25.5 Å². The van der Waals surface area contributed by atoms with Gasteiger partial charge in [0.25, 0.3) is 5.92 Å². The SMILES string of the molecule is CNc1ccc(CN2CCC(F)(F)CC2)cc1. The van der Waals surface area contributed by atoms with Gasteiger partial charge in [0.05, 0.1) is 0 Å². The van der Waals surface area contributed by atoms with Gasteiger partial charge in [-0.25, -0.2) is 8.78 Å². The zero-order chi connectivity index (χ0) is 12.3. The third-order valence-electron chi connectivity index (χ3n) is 3.24. The minimum Gasteiger partial charge on any atom is -0.388 e. The fraction of sp³-hybridized carbons (Fsp3) is 0.538. The summed E-state index contributed by atoms with van der Waals surface area (Å²) < 4.78 is 26.0. The second kappa shape index (κ2) is 5.00. The molecule has 1 aromatic carbocycles. The molecule has 0 aliphatic carbocycles. The Hall–Kier alpha value is -1.16. The molecule has 0 radical (unpaired) electrons. The van der Waals surface area contributed by atoms with Crippen molar-refractivity contribution in [3.05, 3.63) is 29.8 Å². The summed E-state index contributed by atoms with van der Waals surface area (Å²) in [5.41, 5.74) is 2.24. The average molecular weight is 240 g/mol. The number of benzene rings is 1. The average Bonchev–Trinajstić information content (AvgIpc) is 2.33. The monoisotopic (exact) mass is 240 g/mol. The molecule has 1 saturated heterocycles. The van der Waals surface area contributed by atoms with Crippen LogP contribution in [-0.4, -0.2) is 31.0 Å². The van der Waals surface area contributed by atoms with Crippen LogP contribution in [0.5, 0.6) is 0 Å². The van der Waals surface area contributed by atoms with E-state index >= 15 is 0 Å². The maximum Gasteiger partial charge on any atom is 0.250 e. The first-order chi connectivity index (χ1) is 8.09. The second-order valence-corrected chi connectivity index (χ2v) is 4.58. The molecule has 1 fully saturated rings. The molecule has 1 aromatic rings. The van der Waals surface area contributed by atoms with Gasteiger partial charge in [-0.2, -0.15) is 0 Å². The molecule has 2 nitrogen and oxygen atoms in total. The molecule has 1 aliphatic heterocycles. The molecule has 1 N–H and O–H groups in total. The Balaban J connectivity index is 1.89. The lowest BCUT2D eigenvalue weighted by molar-refractivity contribution is -0.0566. The first-order valence-electron chi connectivity index (χ1n) is 5.96. The van der Waals surface area contributed by atoms with Gasteiger partial charge in [-0.3, -0.25) is 4.90 Å². The van der Waals surface area contributed by atoms with Crippen LogP contribution >= 0.6 is 0 Å². The highest BCUT2D eigenvalue weighted by molar-refractivity contribution is 5.43. The number of hydrogen-bond acceptors (Lipinski definition) is 2. The number of likely N-dealkylation sites (tertiary alicyclic amines) is 1. The third kappa shape index (κ3) is 3.40. The molecule has 4 heteroatoms. The van der Waals surface area contributed by atoms with Gasteiger partial charge in [0.1, 0.15) is 0 Å². The number of rotatable bonds is 3. The normalized spacial score (nSPS) is 20.2. The smallest absolute Gasteiger partial charge is 0.250 e. The van der Waals surface area contributed by atoms with E-state index in [0.29, 0.717) is 13.1 Å². The van der Waals surface area contributed by atoms with Gasteiger partial charge >= 0.3 is 0 Å². The Morgan fingerprint density at radius 2 is 1.76 bits per heavy atom. The Bertz CT molecular complexity index is 352. The molecule has 0 bridgehead atoms. The molecule has 1 heterocycles. The molecule has 0 atom stereocenters. The lowest BCUT2D eigenvalue weighted by Crippen LogP contribution is -2.38. The summed E-state index contributed by atoms with van der Waals surface area (Å²) in [7, 11) is 1.88. The van der Waals surface area contributed by atoms with Crippen molar-refractivity contribution in [3.8, 4) is 0 Å². The molecule has 2 rings (SSSR count). The topological polar surface area (TPSA) is 15.3 Å². The Kier molecular flexibility index (Phi) is 3.62. The highest BCUT2D eigenvalue weighted by atomic mass is 19.3.